The Labute approximate surface area is 106 Å². The second-order valence-electron chi connectivity index (χ2n) is 4.31. The lowest BCUT2D eigenvalue weighted by Crippen LogP contribution is -1.92. The van der Waals surface area contributed by atoms with Crippen LogP contribution in [0, 0.1) is 5.92 Å². The van der Waals surface area contributed by atoms with Crippen molar-refractivity contribution in [2.75, 3.05) is 0 Å². The first-order chi connectivity index (χ1) is 7.58. The summed E-state index contributed by atoms with van der Waals surface area (Å²) >= 11 is 11.8. The highest BCUT2D eigenvalue weighted by molar-refractivity contribution is 6.42. The normalized spacial score (nSPS) is 26.0. The Morgan fingerprint density at radius 3 is 2.75 bits per heavy atom. The summed E-state index contributed by atoms with van der Waals surface area (Å²) in [5.41, 5.74) is 1.23. The van der Waals surface area contributed by atoms with E-state index in [0.29, 0.717) is 21.9 Å². The SMILES string of the molecule is CC(O)/C=C\C1CC1c1ccc(Cl)c(Cl)c1. The van der Waals surface area contributed by atoms with Crippen molar-refractivity contribution in [3.05, 3.63) is 46.0 Å². The molecule has 1 aromatic rings. The van der Waals surface area contributed by atoms with Gasteiger partial charge in [-0.05, 0) is 42.9 Å². The average Bonchev–Trinajstić information content (AvgIpc) is 2.98. The summed E-state index contributed by atoms with van der Waals surface area (Å²) < 4.78 is 0. The highest BCUT2D eigenvalue weighted by atomic mass is 35.5. The zero-order chi connectivity index (χ0) is 11.7. The predicted octanol–water partition coefficient (Wildman–Crippen LogP) is 4.03. The number of hydrogen-bond acceptors (Lipinski definition) is 1. The fraction of sp³-hybridized carbons (Fsp3) is 0.385. The average molecular weight is 257 g/mol. The number of aliphatic hydroxyl groups excluding tert-OH is 1. The van der Waals surface area contributed by atoms with Crippen LogP contribution in [0.2, 0.25) is 10.0 Å². The molecule has 0 aromatic heterocycles. The van der Waals surface area contributed by atoms with Crippen LogP contribution in [0.15, 0.2) is 30.4 Å². The van der Waals surface area contributed by atoms with Crippen LogP contribution < -0.4 is 0 Å². The van der Waals surface area contributed by atoms with Gasteiger partial charge in [-0.3, -0.25) is 0 Å². The van der Waals surface area contributed by atoms with Gasteiger partial charge < -0.3 is 5.11 Å². The van der Waals surface area contributed by atoms with Gasteiger partial charge >= 0.3 is 0 Å². The molecule has 3 atom stereocenters. The van der Waals surface area contributed by atoms with Gasteiger partial charge in [-0.2, -0.15) is 0 Å². The number of benzene rings is 1. The third-order valence-electron chi connectivity index (χ3n) is 2.85. The number of aliphatic hydroxyl groups is 1. The van der Waals surface area contributed by atoms with E-state index in [2.05, 4.69) is 6.08 Å². The first-order valence-electron chi connectivity index (χ1n) is 5.39. The van der Waals surface area contributed by atoms with E-state index in [-0.39, 0.29) is 6.10 Å². The molecule has 1 aromatic carbocycles. The van der Waals surface area contributed by atoms with Crippen molar-refractivity contribution in [2.45, 2.75) is 25.4 Å². The molecule has 0 saturated heterocycles. The number of hydrogen-bond donors (Lipinski definition) is 1. The fourth-order valence-corrected chi connectivity index (χ4v) is 2.16. The lowest BCUT2D eigenvalue weighted by molar-refractivity contribution is 0.243. The maximum atomic E-state index is 9.14. The third-order valence-corrected chi connectivity index (χ3v) is 3.59. The van der Waals surface area contributed by atoms with Crippen LogP contribution in [0.3, 0.4) is 0 Å². The molecule has 16 heavy (non-hydrogen) atoms. The summed E-state index contributed by atoms with van der Waals surface area (Å²) in [6, 6.07) is 5.80. The molecule has 0 amide bonds. The summed E-state index contributed by atoms with van der Waals surface area (Å²) in [5.74, 6) is 1.07. The van der Waals surface area contributed by atoms with Crippen molar-refractivity contribution in [1.82, 2.24) is 0 Å². The van der Waals surface area contributed by atoms with Gasteiger partial charge in [-0.1, -0.05) is 41.4 Å². The third kappa shape index (κ3) is 2.79. The Balaban J connectivity index is 2.03. The zero-order valence-electron chi connectivity index (χ0n) is 9.03. The van der Waals surface area contributed by atoms with E-state index >= 15 is 0 Å². The highest BCUT2D eigenvalue weighted by Crippen LogP contribution is 2.49. The first-order valence-corrected chi connectivity index (χ1v) is 6.15. The van der Waals surface area contributed by atoms with Gasteiger partial charge in [0.2, 0.25) is 0 Å². The Bertz CT molecular complexity index is 412. The van der Waals surface area contributed by atoms with Gasteiger partial charge in [-0.25, -0.2) is 0 Å². The van der Waals surface area contributed by atoms with E-state index in [1.807, 2.05) is 24.3 Å². The minimum absolute atomic E-state index is 0.366. The minimum atomic E-state index is -0.366. The van der Waals surface area contributed by atoms with Gasteiger partial charge in [-0.15, -0.1) is 0 Å². The number of rotatable bonds is 3. The van der Waals surface area contributed by atoms with Crippen LogP contribution in [0.25, 0.3) is 0 Å². The predicted molar refractivity (Wildman–Crippen MR) is 68.1 cm³/mol. The molecule has 0 bridgehead atoms. The first kappa shape index (κ1) is 12.0. The summed E-state index contributed by atoms with van der Waals surface area (Å²) in [4.78, 5) is 0. The van der Waals surface area contributed by atoms with Crippen molar-refractivity contribution in [2.24, 2.45) is 5.92 Å². The van der Waals surface area contributed by atoms with Gasteiger partial charge in [0.05, 0.1) is 16.1 Å². The van der Waals surface area contributed by atoms with Gasteiger partial charge in [0, 0.05) is 0 Å². The molecule has 1 aliphatic carbocycles. The van der Waals surface area contributed by atoms with E-state index in [9.17, 15) is 0 Å². The molecule has 0 heterocycles. The molecular formula is C13H14Cl2O. The topological polar surface area (TPSA) is 20.2 Å². The van der Waals surface area contributed by atoms with Gasteiger partial charge in [0.1, 0.15) is 0 Å². The second-order valence-corrected chi connectivity index (χ2v) is 5.12. The number of halogens is 2. The lowest BCUT2D eigenvalue weighted by atomic mass is 10.1. The van der Waals surface area contributed by atoms with Crippen molar-refractivity contribution in [3.63, 3.8) is 0 Å². The maximum absolute atomic E-state index is 9.14. The van der Waals surface area contributed by atoms with Crippen LogP contribution >= 0.6 is 23.2 Å². The van der Waals surface area contributed by atoms with Crippen LogP contribution in [-0.4, -0.2) is 11.2 Å². The molecule has 1 aliphatic rings. The fourth-order valence-electron chi connectivity index (χ4n) is 1.86. The zero-order valence-corrected chi connectivity index (χ0v) is 10.5. The lowest BCUT2D eigenvalue weighted by Gasteiger charge is -2.01. The molecule has 1 nitrogen and oxygen atoms in total. The van der Waals surface area contributed by atoms with Crippen LogP contribution in [0.1, 0.15) is 24.8 Å². The van der Waals surface area contributed by atoms with Gasteiger partial charge in [0.15, 0.2) is 0 Å². The molecule has 1 fully saturated rings. The quantitative estimate of drug-likeness (QED) is 0.810. The second kappa shape index (κ2) is 4.79. The molecule has 2 rings (SSSR count). The molecule has 0 aliphatic heterocycles. The standard InChI is InChI=1S/C13H14Cl2O/c1-8(16)2-3-9-6-11(9)10-4-5-12(14)13(15)7-10/h2-5,7-9,11,16H,6H2,1H3/b3-2-. The molecule has 0 radical (unpaired) electrons. The summed E-state index contributed by atoms with van der Waals surface area (Å²) in [7, 11) is 0. The van der Waals surface area contributed by atoms with Crippen LogP contribution in [-0.2, 0) is 0 Å². The van der Waals surface area contributed by atoms with E-state index in [1.165, 1.54) is 5.56 Å². The van der Waals surface area contributed by atoms with E-state index in [4.69, 9.17) is 28.3 Å². The van der Waals surface area contributed by atoms with Crippen molar-refractivity contribution < 1.29 is 5.11 Å². The Morgan fingerprint density at radius 1 is 1.38 bits per heavy atom. The summed E-state index contributed by atoms with van der Waals surface area (Å²) in [5, 5.41) is 10.4. The van der Waals surface area contributed by atoms with Crippen molar-refractivity contribution >= 4 is 23.2 Å². The molecular weight excluding hydrogens is 243 g/mol. The van der Waals surface area contributed by atoms with Crippen molar-refractivity contribution in [3.8, 4) is 0 Å². The highest BCUT2D eigenvalue weighted by Gasteiger charge is 2.36. The molecule has 86 valence electrons. The van der Waals surface area contributed by atoms with Crippen molar-refractivity contribution in [1.29, 1.82) is 0 Å². The van der Waals surface area contributed by atoms with E-state index in [0.717, 1.165) is 6.42 Å². The monoisotopic (exact) mass is 256 g/mol. The van der Waals surface area contributed by atoms with E-state index < -0.39 is 0 Å². The largest absolute Gasteiger partial charge is 0.389 e. The number of allylic oxidation sites excluding steroid dienone is 1. The minimum Gasteiger partial charge on any atom is -0.389 e. The molecule has 3 unspecified atom stereocenters. The molecule has 3 heteroatoms. The maximum Gasteiger partial charge on any atom is 0.0692 e. The van der Waals surface area contributed by atoms with E-state index in [1.54, 1.807) is 6.92 Å². The Morgan fingerprint density at radius 2 is 2.12 bits per heavy atom. The van der Waals surface area contributed by atoms with Crippen LogP contribution in [0.4, 0.5) is 0 Å². The summed E-state index contributed by atoms with van der Waals surface area (Å²) in [6.45, 7) is 1.76. The smallest absolute Gasteiger partial charge is 0.0692 e. The Kier molecular flexibility index (Phi) is 3.58. The Hall–Kier alpha value is -0.500. The molecule has 1 N–H and O–H groups in total. The molecule has 1 saturated carbocycles. The summed E-state index contributed by atoms with van der Waals surface area (Å²) in [6.07, 6.45) is 4.68. The molecule has 0 spiro atoms. The van der Waals surface area contributed by atoms with Crippen LogP contribution in [0.5, 0.6) is 0 Å². The van der Waals surface area contributed by atoms with Gasteiger partial charge in [0.25, 0.3) is 0 Å².